The molecule has 1 aromatic heterocycles. The van der Waals surface area contributed by atoms with Gasteiger partial charge in [-0.05, 0) is 64.3 Å². The summed E-state index contributed by atoms with van der Waals surface area (Å²) in [5, 5.41) is 29.8. The Bertz CT molecular complexity index is 3070. The summed E-state index contributed by atoms with van der Waals surface area (Å²) in [6.07, 6.45) is -12.4. The molecule has 34 heteroatoms. The number of halogens is 19. The van der Waals surface area contributed by atoms with Crippen LogP contribution < -0.4 is 5.56 Å². The molecular weight excluding hydrogens is 1310 g/mol. The van der Waals surface area contributed by atoms with Gasteiger partial charge in [-0.1, -0.05) is 112 Å². The molecule has 8 rings (SSSR count). The number of nitro groups is 2. The Hall–Kier alpha value is -6.95. The lowest BCUT2D eigenvalue weighted by molar-refractivity contribution is -0.385. The fraction of sp³-hybridized carbons (Fsp3) is 0.358. The number of carbonyl (C=O) groups is 3. The lowest BCUT2D eigenvalue weighted by Crippen LogP contribution is -2.33. The Labute approximate surface area is 512 Å². The van der Waals surface area contributed by atoms with Gasteiger partial charge in [0.25, 0.3) is 16.9 Å². The van der Waals surface area contributed by atoms with Gasteiger partial charge in [-0.2, -0.15) is 39.5 Å². The van der Waals surface area contributed by atoms with E-state index in [0.29, 0.717) is 45.3 Å². The number of benzene rings is 5. The van der Waals surface area contributed by atoms with E-state index in [0.717, 1.165) is 44.4 Å². The average molecular weight is 1360 g/mol. The van der Waals surface area contributed by atoms with Gasteiger partial charge in [0.2, 0.25) is 23.5 Å². The van der Waals surface area contributed by atoms with Crippen LogP contribution in [0.25, 0.3) is 10.9 Å². The SMILES string of the molecule is CC(C(F)(F)F)C(F)(F)F.CCC(F)(F)F.CN1C(=O)CCC1=O.CN1CCCC1=O.Cc1c(Cl)c(Cl)c(Cl)c(Cl)c1Cl.Cc1c(F)c(F)c(F)c(F)c1F.Cc1ccc([N+](=O)[O-])cc1.Cc1cccc([N+](=O)[O-])c1.Cn1nnc2ccccc2c1=O. The molecule has 3 heterocycles. The molecule has 0 atom stereocenters. The molecule has 2 saturated heterocycles. The Kier molecular flexibility index (Phi) is 33.5. The third-order valence-electron chi connectivity index (χ3n) is 11.0. The Morgan fingerprint density at radius 1 is 0.563 bits per heavy atom. The quantitative estimate of drug-likeness (QED) is 0.0402. The minimum atomic E-state index is -5.18. The van der Waals surface area contributed by atoms with E-state index in [1.165, 1.54) is 34.8 Å². The highest BCUT2D eigenvalue weighted by atomic mass is 35.5. The zero-order valence-electron chi connectivity index (χ0n) is 46.8. The predicted octanol–water partition coefficient (Wildman–Crippen LogP) is 16.8. The van der Waals surface area contributed by atoms with Crippen LogP contribution >= 0.6 is 58.0 Å². The Balaban J connectivity index is 0.000000964. The summed E-state index contributed by atoms with van der Waals surface area (Å²) in [6.45, 7) is 8.38. The van der Waals surface area contributed by atoms with E-state index in [-0.39, 0.29) is 50.7 Å². The summed E-state index contributed by atoms with van der Waals surface area (Å²) in [7, 11) is 4.94. The lowest BCUT2D eigenvalue weighted by Gasteiger charge is -2.17. The van der Waals surface area contributed by atoms with Crippen molar-refractivity contribution in [2.75, 3.05) is 20.6 Å². The van der Waals surface area contributed by atoms with Crippen molar-refractivity contribution < 1.29 is 85.7 Å². The number of aryl methyl sites for hydroxylation is 3. The maximum Gasteiger partial charge on any atom is 0.400 e. The van der Waals surface area contributed by atoms with E-state index in [9.17, 15) is 101 Å². The fourth-order valence-electron chi connectivity index (χ4n) is 5.57. The van der Waals surface area contributed by atoms with Crippen LogP contribution in [0, 0.1) is 82.9 Å². The first-order valence-electron chi connectivity index (χ1n) is 24.3. The van der Waals surface area contributed by atoms with Crippen molar-refractivity contribution in [2.45, 2.75) is 92.2 Å². The molecule has 0 unspecified atom stereocenters. The normalized spacial score (nSPS) is 12.5. The molecule has 0 spiro atoms. The van der Waals surface area contributed by atoms with Crippen LogP contribution in [-0.4, -0.2) is 91.5 Å². The highest BCUT2D eigenvalue weighted by Gasteiger charge is 2.53. The largest absolute Gasteiger partial charge is 0.400 e. The van der Waals surface area contributed by atoms with Gasteiger partial charge in [0, 0.05) is 83.2 Å². The first-order valence-corrected chi connectivity index (χ1v) is 26.1. The topological polar surface area (TPSA) is 192 Å². The average Bonchev–Trinajstić information content (AvgIpc) is 2.81. The van der Waals surface area contributed by atoms with Crippen molar-refractivity contribution in [2.24, 2.45) is 13.0 Å². The molecule has 2 aliphatic rings. The van der Waals surface area contributed by atoms with Crippen LogP contribution in [0.1, 0.15) is 68.2 Å². The molecule has 2 fully saturated rings. The molecule has 2 aliphatic heterocycles. The van der Waals surface area contributed by atoms with Gasteiger partial charge in [-0.15, -0.1) is 5.10 Å². The Morgan fingerprint density at radius 2 is 0.989 bits per heavy atom. The molecule has 0 saturated carbocycles. The highest BCUT2D eigenvalue weighted by Crippen LogP contribution is 2.43. The second-order valence-corrected chi connectivity index (χ2v) is 19.5. The summed E-state index contributed by atoms with van der Waals surface area (Å²) in [4.78, 5) is 65.3. The van der Waals surface area contributed by atoms with E-state index in [4.69, 9.17) is 58.0 Å². The number of nitrogens with zero attached hydrogens (tertiary/aromatic N) is 7. The second-order valence-electron chi connectivity index (χ2n) is 17.7. The Morgan fingerprint density at radius 3 is 1.31 bits per heavy atom. The van der Waals surface area contributed by atoms with Gasteiger partial charge in [-0.3, -0.25) is 44.3 Å². The molecule has 5 aromatic carbocycles. The van der Waals surface area contributed by atoms with Crippen LogP contribution in [0.3, 0.4) is 0 Å². The zero-order chi connectivity index (χ0) is 67.8. The number of hydrogen-bond donors (Lipinski definition) is 0. The van der Waals surface area contributed by atoms with Crippen molar-refractivity contribution in [1.82, 2.24) is 24.8 Å². The number of nitro benzene ring substituents is 2. The standard InChI is InChI=1S/C8H7N3O.C7H3Cl5.C7H3F5.2C7H7NO2.C5H7NO2.C5H9NO.C4H4F6.C3H5F3/c1-11-8(12)6-4-2-3-5-7(6)9-10-11;2*1-2-3(8)5(10)7(12)6(11)4(2)9;1-6-2-4-7(5-3-6)8(9)10;1-6-3-2-4-7(5-6)8(9)10;1-6-4(7)2-3-5(6)8;1-6-4-2-3-5(6)7;1-2(3(5,6)7)4(8,9)10;1-2-3(4,5)6/h2-5H,1H3;2*1H3;2*2-5H,1H3;2-3H2,1H3;2-4H2,1H3;2H,1H3;2H2,1H3. The van der Waals surface area contributed by atoms with Gasteiger partial charge in [0.1, 0.15) is 11.4 Å². The smallest absolute Gasteiger partial charge is 0.346 e. The molecule has 15 nitrogen and oxygen atoms in total. The molecule has 0 bridgehead atoms. The number of fused-ring (bicyclic) bond motifs is 1. The molecule has 0 radical (unpaired) electrons. The molecule has 0 aliphatic carbocycles. The maximum atomic E-state index is 12.4. The minimum absolute atomic E-state index is 0.0602. The van der Waals surface area contributed by atoms with Gasteiger partial charge >= 0.3 is 18.5 Å². The number of alkyl halides is 9. The highest BCUT2D eigenvalue weighted by molar-refractivity contribution is 6.55. The molecule has 6 aromatic rings. The first-order chi connectivity index (χ1) is 39.8. The number of carbonyl (C=O) groups excluding carboxylic acids is 3. The third kappa shape index (κ3) is 27.3. The number of aromatic nitrogens is 3. The van der Waals surface area contributed by atoms with E-state index < -0.39 is 75.4 Å². The molecule has 3 amide bonds. The van der Waals surface area contributed by atoms with Crippen LogP contribution in [0.15, 0.2) is 77.6 Å². The van der Waals surface area contributed by atoms with Gasteiger partial charge < -0.3 is 4.90 Å². The molecule has 87 heavy (non-hydrogen) atoms. The van der Waals surface area contributed by atoms with E-state index in [2.05, 4.69) is 10.3 Å². The van der Waals surface area contributed by atoms with E-state index in [1.807, 2.05) is 39.1 Å². The van der Waals surface area contributed by atoms with Crippen molar-refractivity contribution in [3.8, 4) is 0 Å². The van der Waals surface area contributed by atoms with Gasteiger partial charge in [0.15, 0.2) is 23.3 Å². The van der Waals surface area contributed by atoms with Crippen LogP contribution in [0.2, 0.25) is 25.1 Å². The first kappa shape index (κ1) is 80.0. The summed E-state index contributed by atoms with van der Waals surface area (Å²) in [6, 6.07) is 20.1. The zero-order valence-corrected chi connectivity index (χ0v) is 50.6. The van der Waals surface area contributed by atoms with Gasteiger partial charge in [0.05, 0.1) is 40.3 Å². The van der Waals surface area contributed by atoms with E-state index >= 15 is 0 Å². The van der Waals surface area contributed by atoms with Crippen molar-refractivity contribution in [3.63, 3.8) is 0 Å². The van der Waals surface area contributed by atoms with Gasteiger partial charge in [-0.25, -0.2) is 26.6 Å². The minimum Gasteiger partial charge on any atom is -0.346 e. The number of non-ortho nitro benzene ring substituents is 2. The van der Waals surface area contributed by atoms with E-state index in [1.54, 1.807) is 55.3 Å². The predicted molar refractivity (Wildman–Crippen MR) is 299 cm³/mol. The third-order valence-corrected chi connectivity index (χ3v) is 13.5. The van der Waals surface area contributed by atoms with Crippen LogP contribution in [0.4, 0.5) is 72.8 Å². The van der Waals surface area contributed by atoms with Crippen LogP contribution in [-0.2, 0) is 21.4 Å². The van der Waals surface area contributed by atoms with Crippen LogP contribution in [0.5, 0.6) is 0 Å². The number of hydrogen-bond acceptors (Lipinski definition) is 10. The number of likely N-dealkylation sites (tertiary alicyclic amines) is 2. The number of rotatable bonds is 2. The summed E-state index contributed by atoms with van der Waals surface area (Å²) in [5.74, 6) is -12.6. The maximum absolute atomic E-state index is 12.4. The summed E-state index contributed by atoms with van der Waals surface area (Å²) in [5.41, 5.74) is 2.54. The van der Waals surface area contributed by atoms with Crippen molar-refractivity contribution >= 4 is 98.0 Å². The molecular formula is C53H52Cl5F14N7O8. The monoisotopic (exact) mass is 1360 g/mol. The molecule has 480 valence electrons. The number of amides is 3. The summed E-state index contributed by atoms with van der Waals surface area (Å²) < 4.78 is 163. The fourth-order valence-corrected chi connectivity index (χ4v) is 6.80. The molecule has 0 N–H and O–H groups in total. The summed E-state index contributed by atoms with van der Waals surface area (Å²) >= 11 is 28.8. The lowest BCUT2D eigenvalue weighted by atomic mass is 10.2. The van der Waals surface area contributed by atoms with Crippen molar-refractivity contribution in [3.05, 3.63) is 180 Å². The number of imide groups is 1. The second kappa shape index (κ2) is 36.4. The van der Waals surface area contributed by atoms with Crippen molar-refractivity contribution in [1.29, 1.82) is 0 Å².